The molecule has 0 radical (unpaired) electrons. The third kappa shape index (κ3) is 3.37. The first-order valence-electron chi connectivity index (χ1n) is 7.24. The smallest absolute Gasteiger partial charge is 0.0671 e. The fraction of sp³-hybridized carbons (Fsp3) is 0.222. The molecule has 0 aliphatic rings. The Kier molecular flexibility index (Phi) is 4.73. The highest BCUT2D eigenvalue weighted by Gasteiger charge is 2.15. The lowest BCUT2D eigenvalue weighted by Gasteiger charge is -2.18. The van der Waals surface area contributed by atoms with Crippen LogP contribution < -0.4 is 5.32 Å². The quantitative estimate of drug-likeness (QED) is 0.611. The fourth-order valence-corrected chi connectivity index (χ4v) is 4.08. The first kappa shape index (κ1) is 14.8. The summed E-state index contributed by atoms with van der Waals surface area (Å²) in [4.78, 5) is 1.35. The van der Waals surface area contributed by atoms with E-state index in [1.807, 2.05) is 0 Å². The van der Waals surface area contributed by atoms with Gasteiger partial charge in [0.2, 0.25) is 0 Å². The zero-order valence-corrected chi connectivity index (χ0v) is 14.4. The highest BCUT2D eigenvalue weighted by molar-refractivity contribution is 9.10. The van der Waals surface area contributed by atoms with Crippen molar-refractivity contribution >= 4 is 38.0 Å². The van der Waals surface area contributed by atoms with Crippen LogP contribution in [0, 0.1) is 0 Å². The number of thiophene rings is 1. The van der Waals surface area contributed by atoms with E-state index in [4.69, 9.17) is 0 Å². The van der Waals surface area contributed by atoms with Gasteiger partial charge < -0.3 is 5.32 Å². The average Bonchev–Trinajstić information content (AvgIpc) is 2.94. The second kappa shape index (κ2) is 6.73. The monoisotopic (exact) mass is 359 g/mol. The molecule has 108 valence electrons. The Morgan fingerprint density at radius 2 is 1.90 bits per heavy atom. The number of hydrogen-bond donors (Lipinski definition) is 1. The molecule has 0 saturated heterocycles. The molecule has 0 aliphatic heterocycles. The minimum absolute atomic E-state index is 0.269. The molecule has 0 saturated carbocycles. The molecule has 1 aromatic heterocycles. The molecular formula is C18H18BrNS. The maximum Gasteiger partial charge on any atom is 0.0671 e. The van der Waals surface area contributed by atoms with E-state index in [9.17, 15) is 0 Å². The second-order valence-corrected chi connectivity index (χ2v) is 7.02. The van der Waals surface area contributed by atoms with Crippen LogP contribution in [-0.4, -0.2) is 6.54 Å². The normalized spacial score (nSPS) is 12.7. The van der Waals surface area contributed by atoms with Crippen molar-refractivity contribution in [1.29, 1.82) is 0 Å². The lowest BCUT2D eigenvalue weighted by molar-refractivity contribution is 0.606. The number of halogens is 1. The number of hydrogen-bond acceptors (Lipinski definition) is 2. The van der Waals surface area contributed by atoms with Crippen LogP contribution in [0.4, 0.5) is 0 Å². The van der Waals surface area contributed by atoms with Gasteiger partial charge in [-0.2, -0.15) is 0 Å². The summed E-state index contributed by atoms with van der Waals surface area (Å²) in [5.74, 6) is 0. The average molecular weight is 360 g/mol. The molecule has 0 fully saturated rings. The van der Waals surface area contributed by atoms with Crippen molar-refractivity contribution in [2.24, 2.45) is 0 Å². The fourth-order valence-electron chi connectivity index (χ4n) is 2.54. The Labute approximate surface area is 138 Å². The molecule has 2 aromatic carbocycles. The van der Waals surface area contributed by atoms with Gasteiger partial charge in [0, 0.05) is 14.7 Å². The first-order chi connectivity index (χ1) is 10.3. The number of nitrogens with one attached hydrogen (secondary N) is 1. The zero-order valence-electron chi connectivity index (χ0n) is 12.0. The summed E-state index contributed by atoms with van der Waals surface area (Å²) in [6, 6.07) is 17.8. The predicted octanol–water partition coefficient (Wildman–Crippen LogP) is 5.75. The van der Waals surface area contributed by atoms with Crippen molar-refractivity contribution < 1.29 is 0 Å². The summed E-state index contributed by atoms with van der Waals surface area (Å²) in [5.41, 5.74) is 1.33. The van der Waals surface area contributed by atoms with E-state index in [-0.39, 0.29) is 6.04 Å². The number of fused-ring (bicyclic) bond motifs is 1. The summed E-state index contributed by atoms with van der Waals surface area (Å²) < 4.78 is 1.16. The van der Waals surface area contributed by atoms with Gasteiger partial charge in [-0.3, -0.25) is 0 Å². The van der Waals surface area contributed by atoms with Gasteiger partial charge in [0.05, 0.1) is 6.04 Å². The maximum absolute atomic E-state index is 3.67. The Morgan fingerprint density at radius 1 is 1.10 bits per heavy atom. The van der Waals surface area contributed by atoms with Gasteiger partial charge in [-0.25, -0.2) is 0 Å². The van der Waals surface area contributed by atoms with Crippen molar-refractivity contribution in [1.82, 2.24) is 5.32 Å². The van der Waals surface area contributed by atoms with E-state index in [1.165, 1.54) is 21.2 Å². The Bertz CT molecular complexity index is 735. The lowest BCUT2D eigenvalue weighted by Crippen LogP contribution is -2.22. The largest absolute Gasteiger partial charge is 0.306 e. The lowest BCUT2D eigenvalue weighted by atomic mass is 10.0. The van der Waals surface area contributed by atoms with Gasteiger partial charge in [0.25, 0.3) is 0 Å². The molecule has 1 heterocycles. The molecule has 1 nitrogen and oxygen atoms in total. The predicted molar refractivity (Wildman–Crippen MR) is 96.1 cm³/mol. The summed E-state index contributed by atoms with van der Waals surface area (Å²) >= 11 is 5.36. The minimum Gasteiger partial charge on any atom is -0.306 e. The van der Waals surface area contributed by atoms with E-state index in [2.05, 4.69) is 82.1 Å². The van der Waals surface area contributed by atoms with Crippen LogP contribution >= 0.6 is 27.3 Å². The molecule has 0 spiro atoms. The van der Waals surface area contributed by atoms with E-state index in [0.717, 1.165) is 17.4 Å². The highest BCUT2D eigenvalue weighted by atomic mass is 79.9. The standard InChI is InChI=1S/C18H18BrNS/c1-2-9-20-18(17-11-16(19)12-21-17)15-8-7-13-5-3-4-6-14(13)10-15/h3-8,10-12,18,20H,2,9H2,1H3. The number of benzene rings is 2. The SMILES string of the molecule is CCCNC(c1ccc2ccccc2c1)c1cc(Br)cs1. The molecule has 3 heteroatoms. The van der Waals surface area contributed by atoms with Crippen molar-refractivity contribution in [3.8, 4) is 0 Å². The van der Waals surface area contributed by atoms with E-state index in [1.54, 1.807) is 11.3 Å². The molecule has 1 atom stereocenters. The van der Waals surface area contributed by atoms with Crippen LogP contribution in [0.2, 0.25) is 0 Å². The highest BCUT2D eigenvalue weighted by Crippen LogP contribution is 2.31. The number of rotatable bonds is 5. The van der Waals surface area contributed by atoms with E-state index < -0.39 is 0 Å². The molecule has 3 aromatic rings. The molecule has 0 aliphatic carbocycles. The Hall–Kier alpha value is -1.16. The van der Waals surface area contributed by atoms with Gasteiger partial charge in [0.1, 0.15) is 0 Å². The van der Waals surface area contributed by atoms with Gasteiger partial charge in [0.15, 0.2) is 0 Å². The molecule has 1 unspecified atom stereocenters. The minimum atomic E-state index is 0.269. The molecule has 1 N–H and O–H groups in total. The third-order valence-electron chi connectivity index (χ3n) is 3.58. The van der Waals surface area contributed by atoms with Gasteiger partial charge >= 0.3 is 0 Å². The van der Waals surface area contributed by atoms with Crippen molar-refractivity contribution in [3.05, 3.63) is 68.8 Å². The Morgan fingerprint density at radius 3 is 2.62 bits per heavy atom. The van der Waals surface area contributed by atoms with Crippen LogP contribution in [0.25, 0.3) is 10.8 Å². The Balaban J connectivity index is 2.00. The molecular weight excluding hydrogens is 342 g/mol. The summed E-state index contributed by atoms with van der Waals surface area (Å²) in [5, 5.41) is 8.41. The van der Waals surface area contributed by atoms with Crippen molar-refractivity contribution in [2.75, 3.05) is 6.54 Å². The van der Waals surface area contributed by atoms with Crippen LogP contribution in [0.3, 0.4) is 0 Å². The van der Waals surface area contributed by atoms with Crippen LogP contribution in [0.15, 0.2) is 58.4 Å². The first-order valence-corrected chi connectivity index (χ1v) is 8.91. The zero-order chi connectivity index (χ0) is 14.7. The van der Waals surface area contributed by atoms with Crippen molar-refractivity contribution in [2.45, 2.75) is 19.4 Å². The maximum atomic E-state index is 3.67. The molecule has 0 bridgehead atoms. The summed E-state index contributed by atoms with van der Waals surface area (Å²) in [6.07, 6.45) is 1.14. The van der Waals surface area contributed by atoms with Gasteiger partial charge in [-0.05, 0) is 57.4 Å². The second-order valence-electron chi connectivity index (χ2n) is 5.16. The van der Waals surface area contributed by atoms with Crippen LogP contribution in [0.1, 0.15) is 29.8 Å². The third-order valence-corrected chi connectivity index (χ3v) is 5.34. The molecule has 21 heavy (non-hydrogen) atoms. The van der Waals surface area contributed by atoms with E-state index >= 15 is 0 Å². The van der Waals surface area contributed by atoms with E-state index in [0.29, 0.717) is 0 Å². The summed E-state index contributed by atoms with van der Waals surface area (Å²) in [7, 11) is 0. The van der Waals surface area contributed by atoms with Gasteiger partial charge in [-0.15, -0.1) is 11.3 Å². The molecule has 0 amide bonds. The van der Waals surface area contributed by atoms with Crippen LogP contribution in [-0.2, 0) is 0 Å². The van der Waals surface area contributed by atoms with Crippen LogP contribution in [0.5, 0.6) is 0 Å². The molecule has 3 rings (SSSR count). The summed E-state index contributed by atoms with van der Waals surface area (Å²) in [6.45, 7) is 3.22. The topological polar surface area (TPSA) is 12.0 Å². The van der Waals surface area contributed by atoms with Crippen molar-refractivity contribution in [3.63, 3.8) is 0 Å². The van der Waals surface area contributed by atoms with Gasteiger partial charge in [-0.1, -0.05) is 43.3 Å².